The van der Waals surface area contributed by atoms with E-state index in [-0.39, 0.29) is 11.7 Å². The van der Waals surface area contributed by atoms with Gasteiger partial charge in [0.1, 0.15) is 18.7 Å². The number of rotatable bonds is 10. The smallest absolute Gasteiger partial charge is 0.358 e. The Balaban J connectivity index is 1.37. The SMILES string of the molecule is C[N+](C)(CCCC(=O)Nc1ccc2ncnc(Nc3cccc(Br)c3)c2c1)Cc1[nH]cnc1[N+](=O)[O-]. The topological polar surface area (TPSA) is 139 Å². The maximum atomic E-state index is 12.6. The number of nitro groups is 1. The minimum atomic E-state index is -0.492. The van der Waals surface area contributed by atoms with Crippen LogP contribution >= 0.6 is 15.9 Å². The number of nitrogens with zero attached hydrogens (tertiary/aromatic N) is 5. The number of halogens is 1. The van der Waals surface area contributed by atoms with Crippen molar-refractivity contribution in [3.8, 4) is 0 Å². The molecule has 0 saturated carbocycles. The van der Waals surface area contributed by atoms with Gasteiger partial charge in [0.05, 0.1) is 26.2 Å². The second kappa shape index (κ2) is 10.8. The maximum absolute atomic E-state index is 12.6. The van der Waals surface area contributed by atoms with Crippen molar-refractivity contribution in [3.05, 3.63) is 75.4 Å². The average Bonchev–Trinajstić information content (AvgIpc) is 3.27. The Morgan fingerprint density at radius 3 is 2.75 bits per heavy atom. The molecule has 0 unspecified atom stereocenters. The van der Waals surface area contributed by atoms with E-state index in [4.69, 9.17) is 0 Å². The molecule has 4 aromatic rings. The molecule has 0 atom stereocenters. The summed E-state index contributed by atoms with van der Waals surface area (Å²) in [6.07, 6.45) is 3.76. The summed E-state index contributed by atoms with van der Waals surface area (Å²) in [5.74, 6) is 0.370. The van der Waals surface area contributed by atoms with Crippen molar-refractivity contribution in [1.29, 1.82) is 0 Å². The Kier molecular flexibility index (Phi) is 7.55. The number of carbonyl (C=O) groups excluding carboxylic acids is 1. The fraction of sp³-hybridized carbons (Fsp3) is 0.250. The molecule has 2 aromatic heterocycles. The number of fused-ring (bicyclic) bond motifs is 1. The summed E-state index contributed by atoms with van der Waals surface area (Å²) in [5.41, 5.74) is 2.76. The van der Waals surface area contributed by atoms with Gasteiger partial charge in [-0.2, -0.15) is 0 Å². The van der Waals surface area contributed by atoms with E-state index in [9.17, 15) is 14.9 Å². The number of hydrogen-bond acceptors (Lipinski definition) is 7. The van der Waals surface area contributed by atoms with Crippen molar-refractivity contribution in [2.75, 3.05) is 31.3 Å². The zero-order chi connectivity index (χ0) is 25.7. The summed E-state index contributed by atoms with van der Waals surface area (Å²) in [7, 11) is 3.93. The highest BCUT2D eigenvalue weighted by atomic mass is 79.9. The lowest BCUT2D eigenvalue weighted by Crippen LogP contribution is -2.40. The molecule has 0 spiro atoms. The fourth-order valence-corrected chi connectivity index (χ4v) is 4.32. The van der Waals surface area contributed by atoms with Crippen LogP contribution < -0.4 is 10.6 Å². The highest BCUT2D eigenvalue weighted by Crippen LogP contribution is 2.27. The average molecular weight is 554 g/mol. The molecule has 0 aliphatic rings. The summed E-state index contributed by atoms with van der Waals surface area (Å²) in [6.45, 7) is 1.08. The third kappa shape index (κ3) is 6.40. The summed E-state index contributed by atoms with van der Waals surface area (Å²) < 4.78 is 1.43. The number of carbonyl (C=O) groups is 1. The van der Waals surface area contributed by atoms with Crippen LogP contribution in [0, 0.1) is 10.1 Å². The Bertz CT molecular complexity index is 1410. The Labute approximate surface area is 215 Å². The Hall–Kier alpha value is -3.90. The lowest BCUT2D eigenvalue weighted by atomic mass is 10.2. The van der Waals surface area contributed by atoms with Gasteiger partial charge >= 0.3 is 5.82 Å². The molecule has 11 nitrogen and oxygen atoms in total. The summed E-state index contributed by atoms with van der Waals surface area (Å²) in [4.78, 5) is 38.6. The molecule has 0 fully saturated rings. The molecule has 0 aliphatic carbocycles. The number of benzene rings is 2. The molecule has 186 valence electrons. The summed E-state index contributed by atoms with van der Waals surface area (Å²) in [6, 6.07) is 13.3. The van der Waals surface area contributed by atoms with E-state index in [1.165, 1.54) is 12.7 Å². The minimum Gasteiger partial charge on any atom is -0.358 e. The zero-order valence-electron chi connectivity index (χ0n) is 19.9. The molecular weight excluding hydrogens is 528 g/mol. The molecule has 1 amide bonds. The molecule has 3 N–H and O–H groups in total. The normalized spacial score (nSPS) is 11.4. The van der Waals surface area contributed by atoms with Crippen LogP contribution in [0.3, 0.4) is 0 Å². The van der Waals surface area contributed by atoms with Crippen LogP contribution in [0.1, 0.15) is 18.5 Å². The van der Waals surface area contributed by atoms with Gasteiger partial charge in [0, 0.05) is 34.1 Å². The van der Waals surface area contributed by atoms with Gasteiger partial charge in [0.15, 0.2) is 5.69 Å². The third-order valence-electron chi connectivity index (χ3n) is 5.63. The number of aromatic amines is 1. The molecule has 4 rings (SSSR count). The third-order valence-corrected chi connectivity index (χ3v) is 6.12. The van der Waals surface area contributed by atoms with Crippen LogP contribution in [0.5, 0.6) is 0 Å². The second-order valence-electron chi connectivity index (χ2n) is 9.02. The van der Waals surface area contributed by atoms with Gasteiger partial charge < -0.3 is 30.2 Å². The van der Waals surface area contributed by atoms with Crippen molar-refractivity contribution in [3.63, 3.8) is 0 Å². The Morgan fingerprint density at radius 2 is 1.97 bits per heavy atom. The van der Waals surface area contributed by atoms with Gasteiger partial charge in [-0.25, -0.2) is 9.97 Å². The van der Waals surface area contributed by atoms with Gasteiger partial charge in [0.2, 0.25) is 12.2 Å². The second-order valence-corrected chi connectivity index (χ2v) is 9.94. The highest BCUT2D eigenvalue weighted by Gasteiger charge is 2.25. The van der Waals surface area contributed by atoms with Gasteiger partial charge in [-0.1, -0.05) is 22.0 Å². The number of quaternary nitrogens is 1. The molecular formula is C24H26BrN8O3+. The first kappa shape index (κ1) is 25.2. The number of hydrogen-bond donors (Lipinski definition) is 3. The highest BCUT2D eigenvalue weighted by molar-refractivity contribution is 9.10. The number of imidazole rings is 1. The van der Waals surface area contributed by atoms with E-state index in [0.29, 0.717) is 47.6 Å². The van der Waals surface area contributed by atoms with E-state index < -0.39 is 4.92 Å². The summed E-state index contributed by atoms with van der Waals surface area (Å²) in [5, 5.41) is 18.1. The molecule has 2 heterocycles. The lowest BCUT2D eigenvalue weighted by Gasteiger charge is -2.28. The van der Waals surface area contributed by atoms with Crippen molar-refractivity contribution in [2.45, 2.75) is 19.4 Å². The standard InChI is InChI=1S/C24H25BrN8O3/c1-33(2,13-21-24(32(35)36)29-15-27-21)10-4-7-22(34)30-18-8-9-20-19(12-18)23(28-14-26-20)31-17-6-3-5-16(25)11-17/h3,5-6,8-9,11-12,14-15H,4,7,10,13H2,1-2H3,(H2-,26,27,28,29,30,31,34)/p+1. The van der Waals surface area contributed by atoms with E-state index in [1.54, 1.807) is 0 Å². The number of anilines is 3. The van der Waals surface area contributed by atoms with Crippen LogP contribution in [0.25, 0.3) is 10.9 Å². The number of amides is 1. The maximum Gasteiger partial charge on any atom is 0.390 e. The zero-order valence-corrected chi connectivity index (χ0v) is 21.4. The van der Waals surface area contributed by atoms with E-state index in [0.717, 1.165) is 21.1 Å². The van der Waals surface area contributed by atoms with Gasteiger partial charge in [-0.3, -0.25) is 4.79 Å². The van der Waals surface area contributed by atoms with Crippen molar-refractivity contribution < 1.29 is 14.2 Å². The predicted octanol–water partition coefficient (Wildman–Crippen LogP) is 4.76. The van der Waals surface area contributed by atoms with Gasteiger partial charge in [0.25, 0.3) is 0 Å². The Morgan fingerprint density at radius 1 is 1.14 bits per heavy atom. The molecule has 2 aromatic carbocycles. The molecule has 0 radical (unpaired) electrons. The molecule has 0 aliphatic heterocycles. The van der Waals surface area contributed by atoms with Crippen LogP contribution in [-0.4, -0.2) is 55.9 Å². The lowest BCUT2D eigenvalue weighted by molar-refractivity contribution is -0.904. The summed E-state index contributed by atoms with van der Waals surface area (Å²) >= 11 is 3.47. The van der Waals surface area contributed by atoms with Crippen molar-refractivity contribution in [1.82, 2.24) is 19.9 Å². The van der Waals surface area contributed by atoms with Gasteiger partial charge in [-0.05, 0) is 46.3 Å². The first-order valence-electron chi connectivity index (χ1n) is 11.3. The monoisotopic (exact) mass is 553 g/mol. The van der Waals surface area contributed by atoms with Crippen LogP contribution in [0.15, 0.2) is 59.6 Å². The van der Waals surface area contributed by atoms with E-state index in [2.05, 4.69) is 46.5 Å². The first-order chi connectivity index (χ1) is 17.2. The number of H-pyrrole nitrogens is 1. The van der Waals surface area contributed by atoms with Crippen LogP contribution in [0.2, 0.25) is 0 Å². The van der Waals surface area contributed by atoms with E-state index >= 15 is 0 Å². The quantitative estimate of drug-likeness (QED) is 0.146. The molecule has 0 saturated heterocycles. The number of nitrogens with one attached hydrogen (secondary N) is 3. The molecule has 36 heavy (non-hydrogen) atoms. The van der Waals surface area contributed by atoms with Gasteiger partial charge in [-0.15, -0.1) is 0 Å². The van der Waals surface area contributed by atoms with Crippen LogP contribution in [0.4, 0.5) is 23.0 Å². The largest absolute Gasteiger partial charge is 0.390 e. The number of aromatic nitrogens is 4. The van der Waals surface area contributed by atoms with Crippen molar-refractivity contribution in [2.24, 2.45) is 0 Å². The minimum absolute atomic E-state index is 0.111. The molecule has 12 heteroatoms. The van der Waals surface area contributed by atoms with E-state index in [1.807, 2.05) is 56.6 Å². The van der Waals surface area contributed by atoms with Crippen molar-refractivity contribution >= 4 is 55.8 Å². The molecule has 0 bridgehead atoms. The first-order valence-corrected chi connectivity index (χ1v) is 12.1. The predicted molar refractivity (Wildman–Crippen MR) is 141 cm³/mol. The van der Waals surface area contributed by atoms with Crippen LogP contribution in [-0.2, 0) is 11.3 Å². The fourth-order valence-electron chi connectivity index (χ4n) is 3.92.